The second-order valence-electron chi connectivity index (χ2n) is 10.2. The summed E-state index contributed by atoms with van der Waals surface area (Å²) in [4.78, 5) is 2.53. The molecule has 5 rings (SSSR count). The molecule has 1 saturated heterocycles. The number of para-hydroxylation sites is 1. The highest BCUT2D eigenvalue weighted by molar-refractivity contribution is 14.1. The third-order valence-corrected chi connectivity index (χ3v) is 8.94. The molecule has 3 aromatic rings. The number of hydrogen-bond donors (Lipinski definition) is 1. The molecule has 3 atom stereocenters. The molecule has 2 heterocycles. The van der Waals surface area contributed by atoms with Crippen LogP contribution < -0.4 is 0 Å². The minimum Gasteiger partial charge on any atom is -0.390 e. The average Bonchev–Trinajstić information content (AvgIpc) is 2.98. The maximum atomic E-state index is 11.1. The van der Waals surface area contributed by atoms with Crippen LogP contribution in [0.3, 0.4) is 0 Å². The Hall–Kier alpha value is -0.820. The Kier molecular flexibility index (Phi) is 5.93. The zero-order chi connectivity index (χ0) is 20.4. The van der Waals surface area contributed by atoms with Gasteiger partial charge in [-0.2, -0.15) is 0 Å². The number of rotatable bonds is 4. The van der Waals surface area contributed by atoms with Gasteiger partial charge in [0.25, 0.3) is 0 Å². The quantitative estimate of drug-likeness (QED) is 0.417. The number of benzene rings is 2. The zero-order valence-electron chi connectivity index (χ0n) is 18.1. The molecule has 3 unspecified atom stereocenters. The van der Waals surface area contributed by atoms with Gasteiger partial charge in [-0.25, -0.2) is 0 Å². The Morgan fingerprint density at radius 2 is 1.80 bits per heavy atom. The van der Waals surface area contributed by atoms with Crippen LogP contribution in [0, 0.1) is 20.3 Å². The number of halogens is 2. The molecule has 2 fully saturated rings. The second-order valence-corrected chi connectivity index (χ2v) is 11.4. The molecule has 1 aliphatic carbocycles. The van der Waals surface area contributed by atoms with E-state index in [0.717, 1.165) is 25.6 Å². The Morgan fingerprint density at radius 1 is 1.07 bits per heavy atom. The molecule has 2 bridgehead atoms. The third kappa shape index (κ3) is 3.48. The van der Waals surface area contributed by atoms with Gasteiger partial charge in [-0.1, -0.05) is 39.0 Å². The first-order valence-electron chi connectivity index (χ1n) is 10.9. The van der Waals surface area contributed by atoms with Crippen molar-refractivity contribution in [3.8, 4) is 0 Å². The van der Waals surface area contributed by atoms with Gasteiger partial charge in [-0.15, -0.1) is 12.4 Å². The van der Waals surface area contributed by atoms with Gasteiger partial charge in [0.15, 0.2) is 0 Å². The van der Waals surface area contributed by atoms with E-state index in [9.17, 15) is 5.11 Å². The summed E-state index contributed by atoms with van der Waals surface area (Å²) in [5, 5.41) is 13.6. The number of nitrogens with zero attached hydrogens (tertiary/aromatic N) is 2. The van der Waals surface area contributed by atoms with Crippen molar-refractivity contribution in [2.45, 2.75) is 46.3 Å². The lowest BCUT2D eigenvalue weighted by molar-refractivity contribution is -0.0345. The van der Waals surface area contributed by atoms with Crippen LogP contribution in [0.15, 0.2) is 42.5 Å². The molecule has 162 valence electrons. The van der Waals surface area contributed by atoms with Gasteiger partial charge >= 0.3 is 0 Å². The highest BCUT2D eigenvalue weighted by Crippen LogP contribution is 2.58. The molecule has 5 heteroatoms. The Bertz CT molecular complexity index is 1080. The Morgan fingerprint density at radius 3 is 2.57 bits per heavy atom. The number of aromatic nitrogens is 1. The number of aliphatic hydroxyl groups is 1. The van der Waals surface area contributed by atoms with Gasteiger partial charge in [-0.05, 0) is 76.4 Å². The van der Waals surface area contributed by atoms with Crippen LogP contribution in [0.2, 0.25) is 0 Å². The standard InChI is InChI=1S/C25H31IN2O.ClH/c1-24(2)17-10-11-25(24,3)16-27(13-17)14-19(29)15-28-22-7-5-4-6-20(22)21-12-18(26)8-9-23(21)28;/h4-9,12,17,19,29H,10-11,13-16H2,1-3H3;1H. The van der Waals surface area contributed by atoms with Crippen LogP contribution in [0.1, 0.15) is 33.6 Å². The lowest BCUT2D eigenvalue weighted by Crippen LogP contribution is -2.53. The molecular formula is C25H32ClIN2O. The van der Waals surface area contributed by atoms with Crippen molar-refractivity contribution < 1.29 is 5.11 Å². The van der Waals surface area contributed by atoms with E-state index >= 15 is 0 Å². The van der Waals surface area contributed by atoms with Crippen molar-refractivity contribution >= 4 is 56.8 Å². The summed E-state index contributed by atoms with van der Waals surface area (Å²) in [7, 11) is 0. The monoisotopic (exact) mass is 538 g/mol. The van der Waals surface area contributed by atoms with Crippen LogP contribution in [-0.2, 0) is 6.54 Å². The minimum absolute atomic E-state index is 0. The van der Waals surface area contributed by atoms with E-state index in [-0.39, 0.29) is 18.5 Å². The molecule has 1 N–H and O–H groups in total. The van der Waals surface area contributed by atoms with Crippen LogP contribution in [-0.4, -0.2) is 40.3 Å². The number of piperidine rings is 1. The van der Waals surface area contributed by atoms with Crippen LogP contribution in [0.4, 0.5) is 0 Å². The molecule has 1 aromatic heterocycles. The van der Waals surface area contributed by atoms with Crippen molar-refractivity contribution in [1.82, 2.24) is 9.47 Å². The first-order valence-corrected chi connectivity index (χ1v) is 11.9. The molecule has 1 aliphatic heterocycles. The smallest absolute Gasteiger partial charge is 0.0845 e. The van der Waals surface area contributed by atoms with Crippen molar-refractivity contribution in [1.29, 1.82) is 0 Å². The van der Waals surface area contributed by atoms with E-state index in [2.05, 4.69) is 95.3 Å². The predicted molar refractivity (Wildman–Crippen MR) is 136 cm³/mol. The summed E-state index contributed by atoms with van der Waals surface area (Å²) in [6, 6.07) is 15.2. The van der Waals surface area contributed by atoms with Crippen molar-refractivity contribution in [3.05, 3.63) is 46.0 Å². The largest absolute Gasteiger partial charge is 0.390 e. The lowest BCUT2D eigenvalue weighted by atomic mass is 9.63. The van der Waals surface area contributed by atoms with Crippen molar-refractivity contribution in [2.24, 2.45) is 16.7 Å². The molecule has 0 radical (unpaired) electrons. The van der Waals surface area contributed by atoms with Gasteiger partial charge in [-0.3, -0.25) is 4.90 Å². The first kappa shape index (κ1) is 22.4. The number of hydrogen-bond acceptors (Lipinski definition) is 2. The summed E-state index contributed by atoms with van der Waals surface area (Å²) in [6.07, 6.45) is 2.29. The normalized spacial score (nSPS) is 26.8. The summed E-state index contributed by atoms with van der Waals surface area (Å²) >= 11 is 2.38. The van der Waals surface area contributed by atoms with Gasteiger partial charge in [0.2, 0.25) is 0 Å². The molecule has 1 saturated carbocycles. The Balaban J connectivity index is 0.00000218. The fourth-order valence-electron chi connectivity index (χ4n) is 6.07. The van der Waals surface area contributed by atoms with Crippen molar-refractivity contribution in [3.63, 3.8) is 0 Å². The molecule has 3 nitrogen and oxygen atoms in total. The van der Waals surface area contributed by atoms with Gasteiger partial charge < -0.3 is 9.67 Å². The fourth-order valence-corrected chi connectivity index (χ4v) is 6.56. The molecule has 2 aromatic carbocycles. The summed E-state index contributed by atoms with van der Waals surface area (Å²) in [5.41, 5.74) is 3.23. The highest BCUT2D eigenvalue weighted by atomic mass is 127. The van der Waals surface area contributed by atoms with E-state index in [1.807, 2.05) is 0 Å². The number of aliphatic hydroxyl groups excluding tert-OH is 1. The second kappa shape index (κ2) is 7.95. The summed E-state index contributed by atoms with van der Waals surface area (Å²) in [6.45, 7) is 11.0. The molecule has 2 aliphatic rings. The fraction of sp³-hybridized carbons (Fsp3) is 0.520. The summed E-state index contributed by atoms with van der Waals surface area (Å²) in [5.74, 6) is 0.753. The molecular weight excluding hydrogens is 507 g/mol. The van der Waals surface area contributed by atoms with Crippen LogP contribution in [0.5, 0.6) is 0 Å². The van der Waals surface area contributed by atoms with E-state index < -0.39 is 0 Å². The Labute approximate surface area is 199 Å². The van der Waals surface area contributed by atoms with Crippen LogP contribution in [0.25, 0.3) is 21.8 Å². The SMILES string of the molecule is CC12CCC(CN(CC(O)Cn3c4ccccc4c4cc(I)ccc43)C1)C2(C)C.Cl. The number of fused-ring (bicyclic) bond motifs is 5. The maximum Gasteiger partial charge on any atom is 0.0845 e. The third-order valence-electron chi connectivity index (χ3n) is 8.27. The van der Waals surface area contributed by atoms with Gasteiger partial charge in [0.1, 0.15) is 0 Å². The predicted octanol–water partition coefficient (Wildman–Crippen LogP) is 5.94. The van der Waals surface area contributed by atoms with Gasteiger partial charge in [0.05, 0.1) is 12.6 Å². The number of β-amino-alcohol motifs (C(OH)–C–C–N with tert-alkyl or cyclic N) is 1. The molecule has 0 amide bonds. The average molecular weight is 539 g/mol. The van der Waals surface area contributed by atoms with E-state index in [1.54, 1.807) is 0 Å². The summed E-state index contributed by atoms with van der Waals surface area (Å²) < 4.78 is 3.56. The number of likely N-dealkylation sites (tertiary alicyclic amines) is 1. The van der Waals surface area contributed by atoms with Crippen LogP contribution >= 0.6 is 35.0 Å². The van der Waals surface area contributed by atoms with E-state index in [4.69, 9.17) is 0 Å². The van der Waals surface area contributed by atoms with E-state index in [0.29, 0.717) is 17.4 Å². The maximum absolute atomic E-state index is 11.1. The minimum atomic E-state index is -0.363. The highest BCUT2D eigenvalue weighted by Gasteiger charge is 2.55. The topological polar surface area (TPSA) is 28.4 Å². The lowest BCUT2D eigenvalue weighted by Gasteiger charge is -2.50. The van der Waals surface area contributed by atoms with E-state index in [1.165, 1.54) is 38.2 Å². The zero-order valence-corrected chi connectivity index (χ0v) is 21.0. The van der Waals surface area contributed by atoms with Gasteiger partial charge in [0, 0.05) is 45.0 Å². The first-order chi connectivity index (χ1) is 13.8. The molecule has 0 spiro atoms. The van der Waals surface area contributed by atoms with Crippen molar-refractivity contribution in [2.75, 3.05) is 19.6 Å². The molecule has 30 heavy (non-hydrogen) atoms.